The van der Waals surface area contributed by atoms with Crippen LogP contribution in [0.4, 0.5) is 4.39 Å². The number of aromatic amines is 1. The van der Waals surface area contributed by atoms with Crippen molar-refractivity contribution in [2.24, 2.45) is 0 Å². The van der Waals surface area contributed by atoms with Gasteiger partial charge in [0.25, 0.3) is 0 Å². The molecule has 6 heteroatoms. The fraction of sp³-hybridized carbons (Fsp3) is 0.190. The zero-order valence-corrected chi connectivity index (χ0v) is 15.6. The van der Waals surface area contributed by atoms with E-state index >= 15 is 0 Å². The molecule has 0 bridgehead atoms. The zero-order chi connectivity index (χ0) is 18.8. The van der Waals surface area contributed by atoms with Crippen molar-refractivity contribution in [2.75, 3.05) is 0 Å². The van der Waals surface area contributed by atoms with Crippen LogP contribution >= 0.6 is 11.6 Å². The summed E-state index contributed by atoms with van der Waals surface area (Å²) in [6, 6.07) is 9.57. The van der Waals surface area contributed by atoms with E-state index in [0.717, 1.165) is 34.4 Å². The number of aromatic nitrogens is 4. The summed E-state index contributed by atoms with van der Waals surface area (Å²) in [5, 5.41) is 1.46. The van der Waals surface area contributed by atoms with Gasteiger partial charge in [0.1, 0.15) is 5.65 Å². The maximum atomic E-state index is 14.5. The summed E-state index contributed by atoms with van der Waals surface area (Å²) < 4.78 is 14.5. The summed E-state index contributed by atoms with van der Waals surface area (Å²) in [6.45, 7) is 1.96. The predicted octanol–water partition coefficient (Wildman–Crippen LogP) is 4.83. The summed E-state index contributed by atoms with van der Waals surface area (Å²) in [7, 11) is 0. The molecule has 0 aliphatic rings. The SMILES string of the molecule is Cc1cc(CCc2ccc(Cc3c[nH]c4ncc(Cl)cc34)c(F)n2)ccn1. The zero-order valence-electron chi connectivity index (χ0n) is 14.8. The van der Waals surface area contributed by atoms with Gasteiger partial charge in [-0.1, -0.05) is 17.7 Å². The number of aryl methyl sites for hydroxylation is 3. The van der Waals surface area contributed by atoms with Gasteiger partial charge in [-0.25, -0.2) is 9.97 Å². The number of pyridine rings is 3. The first-order valence-corrected chi connectivity index (χ1v) is 9.13. The van der Waals surface area contributed by atoms with Gasteiger partial charge in [-0.05, 0) is 55.2 Å². The van der Waals surface area contributed by atoms with Crippen LogP contribution in [-0.4, -0.2) is 19.9 Å². The third-order valence-electron chi connectivity index (χ3n) is 4.58. The Morgan fingerprint density at radius 3 is 2.78 bits per heavy atom. The molecule has 1 N–H and O–H groups in total. The highest BCUT2D eigenvalue weighted by molar-refractivity contribution is 6.31. The van der Waals surface area contributed by atoms with Crippen molar-refractivity contribution < 1.29 is 4.39 Å². The van der Waals surface area contributed by atoms with Gasteiger partial charge in [-0.3, -0.25) is 4.98 Å². The minimum Gasteiger partial charge on any atom is -0.346 e. The van der Waals surface area contributed by atoms with Gasteiger partial charge in [0.2, 0.25) is 5.95 Å². The van der Waals surface area contributed by atoms with E-state index in [9.17, 15) is 4.39 Å². The second kappa shape index (κ2) is 7.45. The van der Waals surface area contributed by atoms with Crippen LogP contribution in [0.1, 0.15) is 28.1 Å². The molecule has 0 aliphatic carbocycles. The van der Waals surface area contributed by atoms with Crippen LogP contribution < -0.4 is 0 Å². The van der Waals surface area contributed by atoms with E-state index in [1.54, 1.807) is 12.4 Å². The lowest BCUT2D eigenvalue weighted by Crippen LogP contribution is -2.01. The smallest absolute Gasteiger partial charge is 0.216 e. The molecule has 4 nitrogen and oxygen atoms in total. The number of rotatable bonds is 5. The molecule has 4 aromatic heterocycles. The van der Waals surface area contributed by atoms with Crippen molar-refractivity contribution in [1.29, 1.82) is 0 Å². The van der Waals surface area contributed by atoms with Gasteiger partial charge in [0.05, 0.1) is 5.02 Å². The van der Waals surface area contributed by atoms with Crippen molar-refractivity contribution in [3.05, 3.63) is 88.0 Å². The Morgan fingerprint density at radius 2 is 1.96 bits per heavy atom. The highest BCUT2D eigenvalue weighted by atomic mass is 35.5. The molecule has 0 saturated carbocycles. The molecule has 4 aromatic rings. The van der Waals surface area contributed by atoms with Gasteiger partial charge >= 0.3 is 0 Å². The van der Waals surface area contributed by atoms with E-state index in [0.29, 0.717) is 23.4 Å². The van der Waals surface area contributed by atoms with E-state index in [4.69, 9.17) is 11.6 Å². The molecule has 0 saturated heterocycles. The van der Waals surface area contributed by atoms with Crippen LogP contribution in [0.15, 0.2) is 48.9 Å². The minimum atomic E-state index is -0.428. The van der Waals surface area contributed by atoms with E-state index in [2.05, 4.69) is 19.9 Å². The predicted molar refractivity (Wildman–Crippen MR) is 104 cm³/mol. The van der Waals surface area contributed by atoms with Crippen LogP contribution in [0.2, 0.25) is 5.02 Å². The Bertz CT molecular complexity index is 1110. The number of hydrogen-bond donors (Lipinski definition) is 1. The van der Waals surface area contributed by atoms with E-state index in [1.807, 2.05) is 43.5 Å². The Kier molecular flexibility index (Phi) is 4.86. The van der Waals surface area contributed by atoms with E-state index in [1.165, 1.54) is 5.56 Å². The fourth-order valence-corrected chi connectivity index (χ4v) is 3.35. The maximum absolute atomic E-state index is 14.5. The van der Waals surface area contributed by atoms with Crippen LogP contribution in [0.5, 0.6) is 0 Å². The first-order valence-electron chi connectivity index (χ1n) is 8.76. The molecule has 136 valence electrons. The lowest BCUT2D eigenvalue weighted by molar-refractivity contribution is 0.563. The maximum Gasteiger partial charge on any atom is 0.216 e. The second-order valence-electron chi connectivity index (χ2n) is 6.60. The highest BCUT2D eigenvalue weighted by Gasteiger charge is 2.11. The van der Waals surface area contributed by atoms with Crippen molar-refractivity contribution in [2.45, 2.75) is 26.2 Å². The number of hydrogen-bond acceptors (Lipinski definition) is 3. The molecule has 4 rings (SSSR count). The standard InChI is InChI=1S/C21H18ClFN4/c1-13-8-14(6-7-24-13)2-4-18-5-3-15(20(23)27-18)9-16-11-25-21-19(16)10-17(22)12-26-21/h3,5-8,10-12H,2,4,9H2,1H3,(H,25,26). The minimum absolute atomic E-state index is 0.428. The Labute approximate surface area is 161 Å². The molecule has 0 radical (unpaired) electrons. The molecule has 0 aliphatic heterocycles. The van der Waals surface area contributed by atoms with Crippen molar-refractivity contribution >= 4 is 22.6 Å². The first kappa shape index (κ1) is 17.6. The van der Waals surface area contributed by atoms with Gasteiger partial charge in [0, 0.05) is 47.3 Å². The topological polar surface area (TPSA) is 54.5 Å². The number of nitrogens with one attached hydrogen (secondary N) is 1. The molecule has 0 aromatic carbocycles. The molecule has 0 unspecified atom stereocenters. The average molecular weight is 381 g/mol. The third kappa shape index (κ3) is 3.98. The highest BCUT2D eigenvalue weighted by Crippen LogP contribution is 2.23. The van der Waals surface area contributed by atoms with E-state index in [-0.39, 0.29) is 0 Å². The summed E-state index contributed by atoms with van der Waals surface area (Å²) in [5.41, 5.74) is 5.15. The molecule has 27 heavy (non-hydrogen) atoms. The third-order valence-corrected chi connectivity index (χ3v) is 4.79. The van der Waals surface area contributed by atoms with Gasteiger partial charge in [-0.15, -0.1) is 0 Å². The van der Waals surface area contributed by atoms with Crippen LogP contribution in [-0.2, 0) is 19.3 Å². The molecular formula is C21H18ClFN4. The van der Waals surface area contributed by atoms with Crippen LogP contribution in [0.3, 0.4) is 0 Å². The Morgan fingerprint density at radius 1 is 1.07 bits per heavy atom. The number of nitrogens with zero attached hydrogens (tertiary/aromatic N) is 3. The van der Waals surface area contributed by atoms with E-state index < -0.39 is 5.95 Å². The van der Waals surface area contributed by atoms with Crippen molar-refractivity contribution in [1.82, 2.24) is 19.9 Å². The molecule has 0 fully saturated rings. The average Bonchev–Trinajstić information content (AvgIpc) is 3.04. The number of H-pyrrole nitrogens is 1. The van der Waals surface area contributed by atoms with Crippen LogP contribution in [0.25, 0.3) is 11.0 Å². The molecular weight excluding hydrogens is 363 g/mol. The molecule has 0 spiro atoms. The van der Waals surface area contributed by atoms with Gasteiger partial charge in [0.15, 0.2) is 0 Å². The normalized spacial score (nSPS) is 11.2. The summed E-state index contributed by atoms with van der Waals surface area (Å²) in [4.78, 5) is 15.7. The number of fused-ring (bicyclic) bond motifs is 1. The van der Waals surface area contributed by atoms with Gasteiger partial charge in [-0.2, -0.15) is 4.39 Å². The monoisotopic (exact) mass is 380 g/mol. The molecule has 4 heterocycles. The first-order chi connectivity index (χ1) is 13.1. The second-order valence-corrected chi connectivity index (χ2v) is 7.03. The van der Waals surface area contributed by atoms with Crippen molar-refractivity contribution in [3.8, 4) is 0 Å². The molecule has 0 amide bonds. The fourth-order valence-electron chi connectivity index (χ4n) is 3.19. The summed E-state index contributed by atoms with van der Waals surface area (Å²) in [6.07, 6.45) is 7.16. The van der Waals surface area contributed by atoms with Crippen LogP contribution in [0, 0.1) is 12.9 Å². The van der Waals surface area contributed by atoms with Gasteiger partial charge < -0.3 is 4.98 Å². The lowest BCUT2D eigenvalue weighted by atomic mass is 10.0. The number of halogens is 2. The quantitative estimate of drug-likeness (QED) is 0.504. The Hall–Kier alpha value is -2.79. The van der Waals surface area contributed by atoms with Crippen molar-refractivity contribution in [3.63, 3.8) is 0 Å². The lowest BCUT2D eigenvalue weighted by Gasteiger charge is -2.06. The summed E-state index contributed by atoms with van der Waals surface area (Å²) >= 11 is 6.03. The molecule has 0 atom stereocenters. The summed E-state index contributed by atoms with van der Waals surface area (Å²) in [5.74, 6) is -0.428. The largest absolute Gasteiger partial charge is 0.346 e. The Balaban J connectivity index is 1.50.